The number of nitrogens with zero attached hydrogens (tertiary/aromatic N) is 1. The van der Waals surface area contributed by atoms with Crippen molar-refractivity contribution in [3.05, 3.63) is 28.2 Å². The van der Waals surface area contributed by atoms with Crippen molar-refractivity contribution in [2.45, 2.75) is 0 Å². The van der Waals surface area contributed by atoms with E-state index in [1.54, 1.807) is 37.2 Å². The number of hydrogen-bond donors (Lipinski definition) is 0. The van der Waals surface area contributed by atoms with Crippen molar-refractivity contribution in [2.75, 3.05) is 14.1 Å². The van der Waals surface area contributed by atoms with Crippen LogP contribution in [0.15, 0.2) is 18.2 Å². The predicted molar refractivity (Wildman–Crippen MR) is 63.4 cm³/mol. The van der Waals surface area contributed by atoms with Crippen LogP contribution in [0.3, 0.4) is 0 Å². The molecule has 1 aromatic carbocycles. The van der Waals surface area contributed by atoms with E-state index >= 15 is 0 Å². The molecule has 0 heterocycles. The highest BCUT2D eigenvalue weighted by Crippen LogP contribution is 2.32. The van der Waals surface area contributed by atoms with E-state index in [1.165, 1.54) is 0 Å². The second-order valence-corrected chi connectivity index (χ2v) is 3.98. The van der Waals surface area contributed by atoms with Gasteiger partial charge in [0, 0.05) is 14.1 Å². The van der Waals surface area contributed by atoms with Gasteiger partial charge in [-0.25, -0.2) is 0 Å². The molecule has 0 saturated heterocycles. The van der Waals surface area contributed by atoms with E-state index in [2.05, 4.69) is 0 Å². The van der Waals surface area contributed by atoms with Crippen LogP contribution in [0.1, 0.15) is 0 Å². The lowest BCUT2D eigenvalue weighted by molar-refractivity contribution is 0.450. The quantitative estimate of drug-likeness (QED) is 0.710. The summed E-state index contributed by atoms with van der Waals surface area (Å²) in [5.41, 5.74) is 0. The first-order valence-corrected chi connectivity index (χ1v) is 5.02. The second kappa shape index (κ2) is 4.82. The molecule has 0 bridgehead atoms. The summed E-state index contributed by atoms with van der Waals surface area (Å²) in [5, 5.41) is 1.21. The summed E-state index contributed by atoms with van der Waals surface area (Å²) in [7, 11) is 3.57. The lowest BCUT2D eigenvalue weighted by atomic mass is 10.3. The molecule has 0 aliphatic heterocycles. The van der Waals surface area contributed by atoms with Crippen molar-refractivity contribution in [1.29, 1.82) is 0 Å². The van der Waals surface area contributed by atoms with Gasteiger partial charge in [-0.15, -0.1) is 0 Å². The van der Waals surface area contributed by atoms with E-state index in [-0.39, 0.29) is 0 Å². The summed E-state index contributed by atoms with van der Waals surface area (Å²) >= 11 is 16.7. The summed E-state index contributed by atoms with van der Waals surface area (Å²) in [4.78, 5) is 1.66. The number of halogens is 2. The third-order valence-electron chi connectivity index (χ3n) is 1.47. The number of benzene rings is 1. The molecular formula is C9H9Cl2NOS. The first-order chi connectivity index (χ1) is 6.52. The lowest BCUT2D eigenvalue weighted by Crippen LogP contribution is -2.25. The minimum atomic E-state index is 0.319. The first-order valence-electron chi connectivity index (χ1n) is 3.85. The summed E-state index contributed by atoms with van der Waals surface area (Å²) in [5.74, 6) is 0.398. The topological polar surface area (TPSA) is 12.5 Å². The van der Waals surface area contributed by atoms with Gasteiger partial charge in [-0.1, -0.05) is 29.3 Å². The van der Waals surface area contributed by atoms with Crippen molar-refractivity contribution < 1.29 is 4.74 Å². The molecule has 14 heavy (non-hydrogen) atoms. The van der Waals surface area contributed by atoms with Gasteiger partial charge in [-0.3, -0.25) is 0 Å². The molecule has 1 aromatic rings. The van der Waals surface area contributed by atoms with Crippen LogP contribution in [0.2, 0.25) is 10.0 Å². The van der Waals surface area contributed by atoms with Gasteiger partial charge < -0.3 is 9.64 Å². The van der Waals surface area contributed by atoms with Crippen LogP contribution in [0.25, 0.3) is 0 Å². The number of para-hydroxylation sites is 1. The Hall–Kier alpha value is -0.510. The highest BCUT2D eigenvalue weighted by molar-refractivity contribution is 7.80. The Morgan fingerprint density at radius 1 is 1.29 bits per heavy atom. The highest BCUT2D eigenvalue weighted by atomic mass is 35.5. The third-order valence-corrected chi connectivity index (χ3v) is 2.52. The van der Waals surface area contributed by atoms with Gasteiger partial charge >= 0.3 is 0 Å². The summed E-state index contributed by atoms with van der Waals surface area (Å²) in [6, 6.07) is 5.14. The molecule has 0 saturated carbocycles. The molecule has 0 radical (unpaired) electrons. The molecule has 0 aliphatic carbocycles. The Morgan fingerprint density at radius 2 is 1.79 bits per heavy atom. The van der Waals surface area contributed by atoms with E-state index in [0.717, 1.165) is 0 Å². The van der Waals surface area contributed by atoms with Gasteiger partial charge in [0.2, 0.25) is 0 Å². The third kappa shape index (κ3) is 2.74. The minimum Gasteiger partial charge on any atom is -0.429 e. The Morgan fingerprint density at radius 3 is 2.21 bits per heavy atom. The molecule has 2 nitrogen and oxygen atoms in total. The van der Waals surface area contributed by atoms with Crippen LogP contribution in [0.4, 0.5) is 0 Å². The molecule has 0 amide bonds. The fourth-order valence-electron chi connectivity index (χ4n) is 0.759. The number of rotatable bonds is 1. The SMILES string of the molecule is CN(C)C(=S)Oc1c(Cl)cccc1Cl. The number of ether oxygens (including phenoxy) is 1. The standard InChI is InChI=1S/C9H9Cl2NOS/c1-12(2)9(14)13-8-6(10)4-3-5-7(8)11/h3-5H,1-2H3. The Kier molecular flexibility index (Phi) is 3.98. The lowest BCUT2D eigenvalue weighted by Gasteiger charge is -2.15. The summed E-state index contributed by atoms with van der Waals surface area (Å²) in [6.45, 7) is 0. The monoisotopic (exact) mass is 249 g/mol. The van der Waals surface area contributed by atoms with Gasteiger partial charge in [-0.05, 0) is 24.4 Å². The molecule has 1 rings (SSSR count). The average Bonchev–Trinajstić information content (AvgIpc) is 2.11. The van der Waals surface area contributed by atoms with Crippen molar-refractivity contribution in [2.24, 2.45) is 0 Å². The average molecular weight is 250 g/mol. The molecule has 0 aromatic heterocycles. The van der Waals surface area contributed by atoms with Crippen LogP contribution in [0, 0.1) is 0 Å². The molecule has 0 fully saturated rings. The van der Waals surface area contributed by atoms with E-state index in [4.69, 9.17) is 40.2 Å². The van der Waals surface area contributed by atoms with Crippen LogP contribution in [-0.2, 0) is 0 Å². The van der Waals surface area contributed by atoms with Gasteiger partial charge in [0.25, 0.3) is 5.17 Å². The molecule has 0 atom stereocenters. The van der Waals surface area contributed by atoms with E-state index in [9.17, 15) is 0 Å². The van der Waals surface area contributed by atoms with Crippen LogP contribution in [-0.4, -0.2) is 24.2 Å². The van der Waals surface area contributed by atoms with E-state index < -0.39 is 0 Å². The molecule has 5 heteroatoms. The predicted octanol–water partition coefficient (Wildman–Crippen LogP) is 3.22. The van der Waals surface area contributed by atoms with Gasteiger partial charge in [-0.2, -0.15) is 0 Å². The molecule has 0 N–H and O–H groups in total. The van der Waals surface area contributed by atoms with Crippen LogP contribution >= 0.6 is 35.4 Å². The molecular weight excluding hydrogens is 241 g/mol. The molecule has 0 spiro atoms. The Bertz CT molecular complexity index is 334. The van der Waals surface area contributed by atoms with Crippen molar-refractivity contribution in [3.63, 3.8) is 0 Å². The fraction of sp³-hybridized carbons (Fsp3) is 0.222. The maximum Gasteiger partial charge on any atom is 0.264 e. The molecule has 0 unspecified atom stereocenters. The zero-order valence-electron chi connectivity index (χ0n) is 7.75. The summed E-state index contributed by atoms with van der Waals surface area (Å²) in [6.07, 6.45) is 0. The van der Waals surface area contributed by atoms with Gasteiger partial charge in [0.05, 0.1) is 10.0 Å². The fourth-order valence-corrected chi connectivity index (χ4v) is 1.32. The highest BCUT2D eigenvalue weighted by Gasteiger charge is 2.10. The van der Waals surface area contributed by atoms with Gasteiger partial charge in [0.1, 0.15) is 0 Å². The van der Waals surface area contributed by atoms with E-state index in [0.29, 0.717) is 21.0 Å². The normalized spacial score (nSPS) is 9.71. The number of thiocarbonyl (C=S) groups is 1. The summed E-state index contributed by atoms with van der Waals surface area (Å²) < 4.78 is 5.33. The minimum absolute atomic E-state index is 0.319. The van der Waals surface area contributed by atoms with Crippen LogP contribution in [0.5, 0.6) is 5.75 Å². The Labute approximate surface area is 98.4 Å². The smallest absolute Gasteiger partial charge is 0.264 e. The first kappa shape index (κ1) is 11.6. The largest absolute Gasteiger partial charge is 0.429 e. The van der Waals surface area contributed by atoms with Crippen molar-refractivity contribution in [3.8, 4) is 5.75 Å². The van der Waals surface area contributed by atoms with Gasteiger partial charge in [0.15, 0.2) is 5.75 Å². The molecule has 0 aliphatic rings. The van der Waals surface area contributed by atoms with Crippen LogP contribution < -0.4 is 4.74 Å². The maximum atomic E-state index is 5.89. The zero-order chi connectivity index (χ0) is 10.7. The van der Waals surface area contributed by atoms with Crippen molar-refractivity contribution in [1.82, 2.24) is 4.90 Å². The van der Waals surface area contributed by atoms with E-state index in [1.807, 2.05) is 0 Å². The Balaban J connectivity index is 2.91. The number of hydrogen-bond acceptors (Lipinski definition) is 2. The maximum absolute atomic E-state index is 5.89. The molecule has 76 valence electrons. The van der Waals surface area contributed by atoms with Crippen molar-refractivity contribution >= 4 is 40.6 Å². The second-order valence-electron chi connectivity index (χ2n) is 2.81. The zero-order valence-corrected chi connectivity index (χ0v) is 10.1.